The quantitative estimate of drug-likeness (QED) is 0.0568. The molecule has 3 N–H and O–H groups in total. The normalized spacial score (nSPS) is 11.8. The molecule has 0 bridgehead atoms. The molecule has 0 aromatic rings. The van der Waals surface area contributed by atoms with Crippen LogP contribution in [0.1, 0.15) is 149 Å². The second kappa shape index (κ2) is 31.3. The van der Waals surface area contributed by atoms with Gasteiger partial charge in [0.25, 0.3) is 10.1 Å². The van der Waals surface area contributed by atoms with Crippen LogP contribution in [0.2, 0.25) is 0 Å². The van der Waals surface area contributed by atoms with Gasteiger partial charge in [0.1, 0.15) is 0 Å². The molecule has 0 rings (SSSR count). The molecule has 0 aliphatic rings. The Hall–Kier alpha value is -0.190. The molecule has 8 nitrogen and oxygen atoms in total. The van der Waals surface area contributed by atoms with E-state index in [2.05, 4.69) is 13.8 Å². The van der Waals surface area contributed by atoms with E-state index < -0.39 is 33.7 Å². The van der Waals surface area contributed by atoms with E-state index in [4.69, 9.17) is 19.5 Å². The average molecular weight is 577 g/mol. The van der Waals surface area contributed by atoms with Crippen LogP contribution in [0.3, 0.4) is 0 Å². The molecular weight excluding hydrogens is 519 g/mol. The predicted octanol–water partition coefficient (Wildman–Crippen LogP) is 7.00. The van der Waals surface area contributed by atoms with E-state index >= 15 is 0 Å². The second-order valence-electron chi connectivity index (χ2n) is 9.92. The van der Waals surface area contributed by atoms with Crippen molar-refractivity contribution in [1.29, 1.82) is 0 Å². The monoisotopic (exact) mass is 576 g/mol. The Bertz CT molecular complexity index is 606. The summed E-state index contributed by atoms with van der Waals surface area (Å²) in [5.74, 6) is -3.50. The van der Waals surface area contributed by atoms with Crippen molar-refractivity contribution in [2.45, 2.75) is 154 Å². The fourth-order valence-corrected chi connectivity index (χ4v) is 4.57. The summed E-state index contributed by atoms with van der Waals surface area (Å²) in [6.07, 6.45) is 27.0. The van der Waals surface area contributed by atoms with Gasteiger partial charge in [0, 0.05) is 13.2 Å². The molecule has 1 unspecified atom stereocenters. The number of hydrogen-bond acceptors (Lipinski definition) is 5. The molecule has 0 heterocycles. The van der Waals surface area contributed by atoms with Gasteiger partial charge in [-0.2, -0.15) is 8.42 Å². The first-order valence-electron chi connectivity index (χ1n) is 14.6. The van der Waals surface area contributed by atoms with Gasteiger partial charge < -0.3 is 14.9 Å². The number of carboxylic acid groups (broad SMARTS) is 2. The van der Waals surface area contributed by atoms with Crippen molar-refractivity contribution in [1.82, 2.24) is 0 Å². The molecule has 0 saturated heterocycles. The van der Waals surface area contributed by atoms with E-state index in [-0.39, 0.29) is 29.6 Å². The molecule has 10 heteroatoms. The first-order chi connectivity index (χ1) is 17.7. The Balaban J connectivity index is -0.000000794. The summed E-state index contributed by atoms with van der Waals surface area (Å²) in [6.45, 7) is 6.57. The van der Waals surface area contributed by atoms with E-state index in [1.807, 2.05) is 0 Å². The topological polar surface area (TPSA) is 138 Å². The molecule has 1 atom stereocenters. The fraction of sp³-hybridized carbons (Fsp3) is 0.929. The van der Waals surface area contributed by atoms with Crippen LogP contribution in [0.15, 0.2) is 0 Å². The minimum absolute atomic E-state index is 0. The molecule has 0 saturated carbocycles. The number of carboxylic acids is 2. The Morgan fingerprint density at radius 1 is 0.605 bits per heavy atom. The van der Waals surface area contributed by atoms with Crippen molar-refractivity contribution in [3.63, 3.8) is 0 Å². The van der Waals surface area contributed by atoms with Crippen LogP contribution in [0, 0.1) is 0 Å². The fourth-order valence-electron chi connectivity index (χ4n) is 3.96. The van der Waals surface area contributed by atoms with Crippen molar-refractivity contribution in [2.24, 2.45) is 0 Å². The summed E-state index contributed by atoms with van der Waals surface area (Å²) in [5, 5.41) is 13.9. The molecule has 38 heavy (non-hydrogen) atoms. The molecule has 224 valence electrons. The zero-order chi connectivity index (χ0) is 28.2. The van der Waals surface area contributed by atoms with Gasteiger partial charge in [-0.15, -0.1) is 0 Å². The maximum atomic E-state index is 10.2. The summed E-state index contributed by atoms with van der Waals surface area (Å²) in [7, 11) is -4.84. The van der Waals surface area contributed by atoms with Crippen LogP contribution in [0.25, 0.3) is 0 Å². The van der Waals surface area contributed by atoms with E-state index in [9.17, 15) is 18.0 Å². The van der Waals surface area contributed by atoms with E-state index in [1.54, 1.807) is 0 Å². The van der Waals surface area contributed by atoms with Gasteiger partial charge >= 0.3 is 41.5 Å². The summed E-state index contributed by atoms with van der Waals surface area (Å²) >= 11 is 0. The number of rotatable bonds is 26. The van der Waals surface area contributed by atoms with Crippen molar-refractivity contribution < 1.29 is 37.5 Å². The Kier molecular flexibility index (Phi) is 34.9. The van der Waals surface area contributed by atoms with Gasteiger partial charge in [-0.1, -0.05) is 129 Å². The van der Waals surface area contributed by atoms with Gasteiger partial charge in [-0.3, -0.25) is 14.1 Å². The maximum absolute atomic E-state index is 10.2. The molecule has 0 fully saturated rings. The summed E-state index contributed by atoms with van der Waals surface area (Å²) in [6, 6.07) is 0. The van der Waals surface area contributed by atoms with E-state index in [0.717, 1.165) is 13.2 Å². The van der Waals surface area contributed by atoms with Crippen LogP contribution < -0.4 is 0 Å². The molecular formula is C28H57NaO8S. The number of ether oxygens (including phenoxy) is 1. The first kappa shape index (κ1) is 42.3. The molecule has 0 amide bonds. The number of unbranched alkanes of at least 4 members (excludes halogenated alkanes) is 18. The average Bonchev–Trinajstić information content (AvgIpc) is 2.83. The molecule has 0 aliphatic heterocycles. The van der Waals surface area contributed by atoms with Gasteiger partial charge in [0.05, 0.1) is 6.42 Å². The van der Waals surface area contributed by atoms with Crippen molar-refractivity contribution in [2.75, 3.05) is 13.2 Å². The van der Waals surface area contributed by atoms with Crippen LogP contribution in [0.5, 0.6) is 0 Å². The summed E-state index contributed by atoms with van der Waals surface area (Å²) in [5.41, 5.74) is 0. The van der Waals surface area contributed by atoms with Gasteiger partial charge in [-0.25, -0.2) is 0 Å². The Morgan fingerprint density at radius 3 is 1.11 bits per heavy atom. The number of hydrogen-bond donors (Lipinski definition) is 3. The standard InChI is InChI=1S/C24H50O.C4H6O7S.Na.H/c1-3-5-7-9-11-13-15-17-19-21-23-25-24-22-20-18-16-14-12-10-8-6-4-2;5-3(6)1-2(4(7)8)12(9,10)11;;/h3-24H2,1-2H3;2H,1H2,(H,5,6)(H,7,8)(H,9,10,11);;. The molecule has 0 aromatic heterocycles. The number of carbonyl (C=O) groups is 2. The predicted molar refractivity (Wildman–Crippen MR) is 157 cm³/mol. The summed E-state index contributed by atoms with van der Waals surface area (Å²) in [4.78, 5) is 20.0. The Labute approximate surface area is 255 Å². The third kappa shape index (κ3) is 33.8. The molecule has 0 aliphatic carbocycles. The minimum atomic E-state index is -4.84. The summed E-state index contributed by atoms with van der Waals surface area (Å²) < 4.78 is 34.4. The Morgan fingerprint density at radius 2 is 0.895 bits per heavy atom. The van der Waals surface area contributed by atoms with Crippen molar-refractivity contribution >= 4 is 51.6 Å². The van der Waals surface area contributed by atoms with Gasteiger partial charge in [-0.05, 0) is 12.8 Å². The molecule has 0 aromatic carbocycles. The van der Waals surface area contributed by atoms with E-state index in [1.165, 1.54) is 128 Å². The zero-order valence-electron chi connectivity index (χ0n) is 23.6. The third-order valence-corrected chi connectivity index (χ3v) is 7.37. The molecule has 0 spiro atoms. The SMILES string of the molecule is CCCCCCCCCCCCOCCCCCCCCCCCC.O=C(O)CC(C(=O)O)S(=O)(=O)O.[NaH]. The third-order valence-electron chi connectivity index (χ3n) is 6.28. The molecule has 0 radical (unpaired) electrons. The van der Waals surface area contributed by atoms with Crippen LogP contribution in [-0.2, 0) is 24.4 Å². The van der Waals surface area contributed by atoms with Crippen LogP contribution in [-0.4, -0.2) is 83.1 Å². The van der Waals surface area contributed by atoms with Crippen LogP contribution >= 0.6 is 0 Å². The zero-order valence-corrected chi connectivity index (χ0v) is 24.4. The van der Waals surface area contributed by atoms with Crippen LogP contribution in [0.4, 0.5) is 0 Å². The van der Waals surface area contributed by atoms with E-state index in [0.29, 0.717) is 0 Å². The number of aliphatic carboxylic acids is 2. The van der Waals surface area contributed by atoms with Gasteiger partial charge in [0.15, 0.2) is 5.25 Å². The van der Waals surface area contributed by atoms with Crippen molar-refractivity contribution in [3.8, 4) is 0 Å². The first-order valence-corrected chi connectivity index (χ1v) is 16.2. The second-order valence-corrected chi connectivity index (χ2v) is 11.5. The van der Waals surface area contributed by atoms with Gasteiger partial charge in [0.2, 0.25) is 0 Å². The van der Waals surface area contributed by atoms with Crippen molar-refractivity contribution in [3.05, 3.63) is 0 Å².